The number of nitrogens with zero attached hydrogens (tertiary/aromatic N) is 2. The maximum atomic E-state index is 12.5. The van der Waals surface area contributed by atoms with Gasteiger partial charge in [-0.3, -0.25) is 4.79 Å². The number of aromatic hydroxyl groups is 2. The Labute approximate surface area is 284 Å². The summed E-state index contributed by atoms with van der Waals surface area (Å²) in [6.07, 6.45) is 10.3. The molecule has 2 N–H and O–H groups in total. The minimum Gasteiger partial charge on any atom is -1.00 e. The molecule has 5 atom stereocenters. The minimum atomic E-state index is -0.0598. The van der Waals surface area contributed by atoms with Gasteiger partial charge in [0.1, 0.15) is 11.5 Å². The fraction of sp³-hybridized carbons (Fsp3) is 0.639. The summed E-state index contributed by atoms with van der Waals surface area (Å²) in [4.78, 5) is 17.2. The molecule has 2 saturated carbocycles. The topological polar surface area (TPSA) is 64.0 Å². The molecule has 2 aromatic carbocycles. The van der Waals surface area contributed by atoms with Crippen molar-refractivity contribution in [2.45, 2.75) is 89.9 Å². The molecule has 0 bridgehead atoms. The molecule has 5 nitrogen and oxygen atoms in total. The van der Waals surface area contributed by atoms with Crippen molar-refractivity contribution < 1.29 is 35.3 Å². The molecule has 4 fully saturated rings. The van der Waals surface area contributed by atoms with E-state index in [0.717, 1.165) is 36.9 Å². The summed E-state index contributed by atoms with van der Waals surface area (Å²) in [5, 5.41) is 19.3. The molecule has 43 heavy (non-hydrogen) atoms. The van der Waals surface area contributed by atoms with Crippen LogP contribution in [0.5, 0.6) is 11.5 Å². The van der Waals surface area contributed by atoms with Gasteiger partial charge in [-0.1, -0.05) is 90.5 Å². The third-order valence-corrected chi connectivity index (χ3v) is 11.1. The number of fused-ring (bicyclic) bond motifs is 2. The van der Waals surface area contributed by atoms with Crippen molar-refractivity contribution in [1.29, 1.82) is 0 Å². The van der Waals surface area contributed by atoms with Gasteiger partial charge in [0.15, 0.2) is 17.4 Å². The van der Waals surface area contributed by atoms with Crippen molar-refractivity contribution in [3.05, 3.63) is 59.7 Å². The van der Waals surface area contributed by atoms with Crippen LogP contribution in [-0.4, -0.2) is 76.0 Å². The molecule has 2 heterocycles. The fourth-order valence-corrected chi connectivity index (χ4v) is 8.19. The maximum absolute atomic E-state index is 12.5. The molecule has 5 unspecified atom stereocenters. The van der Waals surface area contributed by atoms with Crippen LogP contribution in [0.3, 0.4) is 0 Å². The van der Waals surface area contributed by atoms with E-state index in [4.69, 9.17) is 0 Å². The van der Waals surface area contributed by atoms with Gasteiger partial charge in [0.25, 0.3) is 0 Å². The molecule has 6 rings (SSSR count). The van der Waals surface area contributed by atoms with Crippen molar-refractivity contribution >= 4 is 23.3 Å². The molecule has 2 aromatic rings. The van der Waals surface area contributed by atoms with E-state index >= 15 is 0 Å². The normalized spacial score (nSPS) is 30.0. The van der Waals surface area contributed by atoms with E-state index in [1.54, 1.807) is 12.1 Å². The average Bonchev–Trinajstić information content (AvgIpc) is 3.52. The number of likely N-dealkylation sites (tertiary alicyclic amines) is 2. The molecule has 2 aliphatic carbocycles. The standard InChI is InChI=1S/C18H25NO2.C18H27NO.Al.Li.4H/c1-3-4-5-6-10-19-12-15-16(17(19)21)18(15,2)13-8-7-9-14(20)11-13;1-3-4-5-6-10-19-12-16-17(13-19)18(16,2)14-8-7-9-15(20)11-14;;;;;;/h7-9,11,15-16,20H,3-6,10,12H2,1-2H3;7-9,11,16-17,20H,3-6,10,12-13H2,1-2H3;;;;;;/q;;;+1;;;;-1. The predicted molar refractivity (Wildman–Crippen MR) is 177 cm³/mol. The zero-order valence-electron chi connectivity index (χ0n) is 27.8. The number of amides is 1. The number of phenolic OH excluding ortho intramolecular Hbond substituents is 2. The van der Waals surface area contributed by atoms with Crippen LogP contribution >= 0.6 is 0 Å². The first-order chi connectivity index (χ1) is 19.7. The second kappa shape index (κ2) is 15.3. The summed E-state index contributed by atoms with van der Waals surface area (Å²) in [6.45, 7) is 14.6. The first-order valence-corrected chi connectivity index (χ1v) is 16.3. The Balaban J connectivity index is 0.000000287. The van der Waals surface area contributed by atoms with Gasteiger partial charge in [-0.25, -0.2) is 0 Å². The number of benzene rings is 2. The predicted octanol–water partition coefficient (Wildman–Crippen LogP) is 3.04. The van der Waals surface area contributed by atoms with Crippen molar-refractivity contribution in [2.24, 2.45) is 23.7 Å². The Kier molecular flexibility index (Phi) is 12.8. The average molecular weight is 599 g/mol. The van der Waals surface area contributed by atoms with Crippen LogP contribution in [-0.2, 0) is 15.6 Å². The Bertz CT molecular complexity index is 1210. The van der Waals surface area contributed by atoms with Crippen molar-refractivity contribution in [3.8, 4) is 11.5 Å². The molecule has 0 radical (unpaired) electrons. The summed E-state index contributed by atoms with van der Waals surface area (Å²) in [5.74, 6) is 3.18. The molecule has 2 saturated heterocycles. The second-order valence-corrected chi connectivity index (χ2v) is 13.6. The number of hydrogen-bond acceptors (Lipinski definition) is 4. The molecule has 2 aliphatic heterocycles. The first kappa shape index (κ1) is 36.1. The second-order valence-electron chi connectivity index (χ2n) is 13.6. The van der Waals surface area contributed by atoms with E-state index in [-0.39, 0.29) is 49.0 Å². The monoisotopic (exact) mass is 598 g/mol. The third-order valence-electron chi connectivity index (χ3n) is 11.1. The van der Waals surface area contributed by atoms with Gasteiger partial charge < -0.3 is 21.4 Å². The van der Waals surface area contributed by atoms with Crippen molar-refractivity contribution in [2.75, 3.05) is 32.7 Å². The smallest absolute Gasteiger partial charge is 1.00 e. The van der Waals surface area contributed by atoms with E-state index in [1.807, 2.05) is 30.3 Å². The first-order valence-electron chi connectivity index (χ1n) is 16.3. The third kappa shape index (κ3) is 7.37. The van der Waals surface area contributed by atoms with Crippen LogP contribution in [0.25, 0.3) is 0 Å². The van der Waals surface area contributed by atoms with Crippen molar-refractivity contribution in [1.82, 2.24) is 9.80 Å². The van der Waals surface area contributed by atoms with Gasteiger partial charge in [0, 0.05) is 37.0 Å². The minimum absolute atomic E-state index is 0. The van der Waals surface area contributed by atoms with E-state index in [2.05, 4.69) is 43.6 Å². The summed E-state index contributed by atoms with van der Waals surface area (Å²) >= 11 is 0. The van der Waals surface area contributed by atoms with Crippen LogP contribution in [0.4, 0.5) is 0 Å². The van der Waals surface area contributed by atoms with Crippen molar-refractivity contribution in [3.63, 3.8) is 0 Å². The van der Waals surface area contributed by atoms with E-state index in [0.29, 0.717) is 28.7 Å². The number of carbonyl (C=O) groups excluding carboxylic acids is 1. The summed E-state index contributed by atoms with van der Waals surface area (Å²) in [5.41, 5.74) is 2.70. The van der Waals surface area contributed by atoms with Crippen LogP contribution in [0.2, 0.25) is 0 Å². The SMILES string of the molecule is CCCCCCN1CC2C(C1)C2(C)c1cccc(O)c1.CCCCCCN1CC2C(C1=O)C2(C)c1cccc(O)c1.[AlH3].[H-].[Li+]. The van der Waals surface area contributed by atoms with Gasteiger partial charge in [-0.15, -0.1) is 0 Å². The van der Waals surface area contributed by atoms with Crippen LogP contribution in [0, 0.1) is 23.7 Å². The van der Waals surface area contributed by atoms with Gasteiger partial charge in [-0.05, 0) is 72.5 Å². The van der Waals surface area contributed by atoms with Crippen LogP contribution in [0.1, 0.15) is 91.6 Å². The van der Waals surface area contributed by atoms with Gasteiger partial charge in [0.2, 0.25) is 5.91 Å². The van der Waals surface area contributed by atoms with E-state index in [1.165, 1.54) is 70.1 Å². The van der Waals surface area contributed by atoms with Gasteiger partial charge >= 0.3 is 18.9 Å². The Hall–Kier alpha value is -1.40. The molecule has 232 valence electrons. The molecule has 4 aliphatic rings. The number of carbonyl (C=O) groups is 1. The largest absolute Gasteiger partial charge is 1.00 e. The Morgan fingerprint density at radius 1 is 0.744 bits per heavy atom. The number of hydrogen-bond donors (Lipinski definition) is 2. The summed E-state index contributed by atoms with van der Waals surface area (Å²) < 4.78 is 0. The Morgan fingerprint density at radius 3 is 1.72 bits per heavy atom. The van der Waals surface area contributed by atoms with Gasteiger partial charge in [-0.2, -0.15) is 0 Å². The Morgan fingerprint density at radius 2 is 1.26 bits per heavy atom. The van der Waals surface area contributed by atoms with E-state index < -0.39 is 0 Å². The quantitative estimate of drug-likeness (QED) is 0.291. The number of rotatable bonds is 12. The van der Waals surface area contributed by atoms with Crippen LogP contribution in [0.15, 0.2) is 48.5 Å². The molecular weight excluding hydrogens is 542 g/mol. The fourth-order valence-electron chi connectivity index (χ4n) is 8.19. The summed E-state index contributed by atoms with van der Waals surface area (Å²) in [6, 6.07) is 15.3. The van der Waals surface area contributed by atoms with Crippen LogP contribution < -0.4 is 18.9 Å². The number of unbranched alkanes of at least 4 members (excludes halogenated alkanes) is 6. The zero-order chi connectivity index (χ0) is 29.2. The molecular formula is C36H56AlLiN2O3. The number of piperidine rings is 2. The van der Waals surface area contributed by atoms with E-state index in [9.17, 15) is 15.0 Å². The maximum Gasteiger partial charge on any atom is 1.00 e. The van der Waals surface area contributed by atoms with Gasteiger partial charge in [0.05, 0.1) is 5.92 Å². The molecule has 0 aromatic heterocycles. The molecule has 0 spiro atoms. The zero-order valence-corrected chi connectivity index (χ0v) is 26.8. The number of phenols is 2. The summed E-state index contributed by atoms with van der Waals surface area (Å²) in [7, 11) is 0. The molecule has 1 amide bonds. The molecule has 7 heteroatoms.